The van der Waals surface area contributed by atoms with Crippen LogP contribution in [0.25, 0.3) is 6.08 Å². The molecule has 0 radical (unpaired) electrons. The van der Waals surface area contributed by atoms with Crippen LogP contribution in [0.2, 0.25) is 0 Å². The molecule has 3 atom stereocenters. The first-order valence-corrected chi connectivity index (χ1v) is 10.8. The lowest BCUT2D eigenvalue weighted by molar-refractivity contribution is -0.138. The fourth-order valence-corrected chi connectivity index (χ4v) is 3.72. The average molecular weight is 430 g/mol. The molecule has 2 amide bonds. The number of rotatable bonds is 9. The van der Waals surface area contributed by atoms with Gasteiger partial charge in [0.2, 0.25) is 5.91 Å². The molecule has 1 aromatic carbocycles. The molecule has 2 aliphatic rings. The van der Waals surface area contributed by atoms with E-state index in [1.165, 1.54) is 0 Å². The van der Waals surface area contributed by atoms with Gasteiger partial charge in [0.25, 0.3) is 5.91 Å². The Labute approximate surface area is 182 Å². The van der Waals surface area contributed by atoms with Crippen LogP contribution >= 0.6 is 0 Å². The summed E-state index contributed by atoms with van der Waals surface area (Å²) in [6, 6.07) is 9.45. The molecule has 0 saturated carbocycles. The molecule has 2 N–H and O–H groups in total. The summed E-state index contributed by atoms with van der Waals surface area (Å²) >= 11 is 0. The largest absolute Gasteiger partial charge is 0.479 e. The van der Waals surface area contributed by atoms with Crippen molar-refractivity contribution in [2.24, 2.45) is 5.92 Å². The van der Waals surface area contributed by atoms with E-state index in [1.807, 2.05) is 32.0 Å². The van der Waals surface area contributed by atoms with Gasteiger partial charge in [-0.3, -0.25) is 14.5 Å². The molecule has 2 heterocycles. The van der Waals surface area contributed by atoms with Crippen LogP contribution in [-0.4, -0.2) is 83.7 Å². The van der Waals surface area contributed by atoms with Crippen molar-refractivity contribution in [1.29, 1.82) is 0 Å². The summed E-state index contributed by atoms with van der Waals surface area (Å²) in [6.45, 7) is 7.51. The maximum atomic E-state index is 13.1. The number of aliphatic carboxylic acids is 1. The zero-order valence-corrected chi connectivity index (χ0v) is 18.1. The Bertz CT molecular complexity index is 803. The van der Waals surface area contributed by atoms with Gasteiger partial charge in [0.1, 0.15) is 6.04 Å². The highest BCUT2D eigenvalue weighted by molar-refractivity contribution is 5.95. The van der Waals surface area contributed by atoms with Gasteiger partial charge >= 0.3 is 5.97 Å². The van der Waals surface area contributed by atoms with Gasteiger partial charge in [0.15, 0.2) is 12.2 Å². The van der Waals surface area contributed by atoms with Gasteiger partial charge < -0.3 is 20.1 Å². The van der Waals surface area contributed by atoms with E-state index in [0.717, 1.165) is 25.2 Å². The van der Waals surface area contributed by atoms with Crippen molar-refractivity contribution in [3.63, 3.8) is 0 Å². The molecule has 2 fully saturated rings. The molecule has 2 saturated heterocycles. The maximum Gasteiger partial charge on any atom is 0.336 e. The van der Waals surface area contributed by atoms with Crippen molar-refractivity contribution in [3.8, 4) is 0 Å². The fraction of sp³-hybridized carbons (Fsp3) is 0.522. The van der Waals surface area contributed by atoms with Crippen LogP contribution < -0.4 is 5.32 Å². The molecule has 31 heavy (non-hydrogen) atoms. The number of carboxylic acids is 1. The van der Waals surface area contributed by atoms with E-state index < -0.39 is 30.1 Å². The lowest BCUT2D eigenvalue weighted by Crippen LogP contribution is -2.55. The second kappa shape index (κ2) is 10.5. The van der Waals surface area contributed by atoms with E-state index in [9.17, 15) is 14.4 Å². The molecule has 0 unspecified atom stereocenters. The number of nitrogens with zero attached hydrogens (tertiary/aromatic N) is 2. The summed E-state index contributed by atoms with van der Waals surface area (Å²) in [7, 11) is 0. The highest BCUT2D eigenvalue weighted by atomic mass is 16.6. The number of hydrogen-bond donors (Lipinski definition) is 2. The smallest absolute Gasteiger partial charge is 0.336 e. The van der Waals surface area contributed by atoms with Crippen molar-refractivity contribution in [3.05, 3.63) is 42.0 Å². The van der Waals surface area contributed by atoms with Crippen LogP contribution in [0, 0.1) is 5.92 Å². The molecular formula is C23H31N3O5. The molecule has 3 rings (SSSR count). The topological polar surface area (TPSA) is 102 Å². The van der Waals surface area contributed by atoms with Gasteiger partial charge in [-0.1, -0.05) is 56.3 Å². The number of nitrogens with one attached hydrogen (secondary N) is 1. The van der Waals surface area contributed by atoms with Crippen LogP contribution in [0.5, 0.6) is 0 Å². The summed E-state index contributed by atoms with van der Waals surface area (Å²) in [5, 5.41) is 11.6. The van der Waals surface area contributed by atoms with Gasteiger partial charge in [-0.15, -0.1) is 0 Å². The fourth-order valence-electron chi connectivity index (χ4n) is 3.72. The molecule has 0 bridgehead atoms. The summed E-state index contributed by atoms with van der Waals surface area (Å²) in [4.78, 5) is 40.3. The van der Waals surface area contributed by atoms with Crippen LogP contribution in [-0.2, 0) is 19.1 Å². The minimum absolute atomic E-state index is 0.117. The minimum Gasteiger partial charge on any atom is -0.479 e. The van der Waals surface area contributed by atoms with Crippen molar-refractivity contribution in [1.82, 2.24) is 15.1 Å². The van der Waals surface area contributed by atoms with Gasteiger partial charge in [0.05, 0.1) is 0 Å². The number of amides is 2. The Hall–Kier alpha value is -2.71. The van der Waals surface area contributed by atoms with Crippen molar-refractivity contribution in [2.75, 3.05) is 32.7 Å². The second-order valence-electron chi connectivity index (χ2n) is 8.45. The highest BCUT2D eigenvalue weighted by Gasteiger charge is 2.51. The molecule has 2 aliphatic heterocycles. The van der Waals surface area contributed by atoms with E-state index in [1.54, 1.807) is 4.90 Å². The predicted molar refractivity (Wildman–Crippen MR) is 116 cm³/mol. The van der Waals surface area contributed by atoms with Crippen LogP contribution in [0.4, 0.5) is 0 Å². The number of carboxylic acid groups (broad SMARTS) is 1. The number of piperazine rings is 1. The van der Waals surface area contributed by atoms with E-state index >= 15 is 0 Å². The Morgan fingerprint density at radius 2 is 1.81 bits per heavy atom. The second-order valence-corrected chi connectivity index (χ2v) is 8.45. The number of hydrogen-bond acceptors (Lipinski definition) is 5. The first-order valence-electron chi connectivity index (χ1n) is 10.8. The molecule has 0 aromatic heterocycles. The zero-order chi connectivity index (χ0) is 22.4. The molecule has 168 valence electrons. The predicted octanol–water partition coefficient (Wildman–Crippen LogP) is 1.23. The van der Waals surface area contributed by atoms with Gasteiger partial charge in [-0.05, 0) is 17.9 Å². The van der Waals surface area contributed by atoms with Crippen molar-refractivity contribution in [2.45, 2.75) is 38.5 Å². The van der Waals surface area contributed by atoms with Gasteiger partial charge in [0, 0.05) is 32.7 Å². The summed E-state index contributed by atoms with van der Waals surface area (Å²) in [5.41, 5.74) is 1.16. The molecule has 1 aromatic rings. The first-order chi connectivity index (χ1) is 14.8. The van der Waals surface area contributed by atoms with Gasteiger partial charge in [-0.25, -0.2) is 4.79 Å². The average Bonchev–Trinajstić information content (AvgIpc) is 3.55. The Balaban J connectivity index is 1.48. The van der Waals surface area contributed by atoms with Crippen LogP contribution in [0.1, 0.15) is 25.8 Å². The first kappa shape index (κ1) is 23.0. The molecule has 0 aliphatic carbocycles. The summed E-state index contributed by atoms with van der Waals surface area (Å²) in [5.74, 6) is -1.61. The maximum absolute atomic E-state index is 13.1. The third kappa shape index (κ3) is 6.63. The number of carbonyl (C=O) groups excluding carboxylic acids is 2. The van der Waals surface area contributed by atoms with E-state index in [2.05, 4.69) is 34.5 Å². The van der Waals surface area contributed by atoms with Gasteiger partial charge in [-0.2, -0.15) is 0 Å². The third-order valence-corrected chi connectivity index (χ3v) is 5.47. The molecule has 8 heteroatoms. The van der Waals surface area contributed by atoms with Crippen LogP contribution in [0.15, 0.2) is 36.4 Å². The molecule has 0 spiro atoms. The van der Waals surface area contributed by atoms with Crippen molar-refractivity contribution < 1.29 is 24.2 Å². The minimum atomic E-state index is -1.16. The third-order valence-electron chi connectivity index (χ3n) is 5.47. The molecule has 8 nitrogen and oxygen atoms in total. The highest BCUT2D eigenvalue weighted by Crippen LogP contribution is 2.23. The Morgan fingerprint density at radius 3 is 2.39 bits per heavy atom. The summed E-state index contributed by atoms with van der Waals surface area (Å²) in [6.07, 6.45) is 2.60. The quantitative estimate of drug-likeness (QED) is 0.573. The van der Waals surface area contributed by atoms with Crippen LogP contribution in [0.3, 0.4) is 0 Å². The molecular weight excluding hydrogens is 398 g/mol. The van der Waals surface area contributed by atoms with E-state index in [4.69, 9.17) is 9.84 Å². The lowest BCUT2D eigenvalue weighted by Gasteiger charge is -2.36. The lowest BCUT2D eigenvalue weighted by atomic mass is 10.0. The summed E-state index contributed by atoms with van der Waals surface area (Å²) < 4.78 is 4.91. The van der Waals surface area contributed by atoms with Crippen molar-refractivity contribution >= 4 is 23.9 Å². The SMILES string of the molecule is CC(C)C[C@H](NC(=O)[C@H]1O[C@@H]1C(=O)O)C(=O)N1CCN(CC=Cc2ccccc2)CC1. The Morgan fingerprint density at radius 1 is 1.13 bits per heavy atom. The number of benzene rings is 1. The number of carbonyl (C=O) groups is 3. The number of epoxide rings is 1. The standard InChI is InChI=1S/C23H31N3O5/c1-16(2)15-18(24-21(27)19-20(31-19)23(29)30)22(28)26-13-11-25(12-14-26)10-6-9-17-7-4-3-5-8-17/h3-9,16,18-20H,10-15H2,1-2H3,(H,24,27)(H,29,30)/t18-,19-,20-/m0/s1. The van der Waals surface area contributed by atoms with E-state index in [0.29, 0.717) is 19.5 Å². The van der Waals surface area contributed by atoms with E-state index in [-0.39, 0.29) is 11.8 Å². The zero-order valence-electron chi connectivity index (χ0n) is 18.1. The number of ether oxygens (including phenoxy) is 1. The normalized spacial score (nSPS) is 22.5. The monoisotopic (exact) mass is 429 g/mol. The Kier molecular flexibility index (Phi) is 7.81.